The zero-order chi connectivity index (χ0) is 26.6. The van der Waals surface area contributed by atoms with Crippen LogP contribution in [0.4, 0.5) is 10.3 Å². The van der Waals surface area contributed by atoms with E-state index in [4.69, 9.17) is 0 Å². The fourth-order valence-electron chi connectivity index (χ4n) is 4.58. The third kappa shape index (κ3) is 5.57. The molecule has 0 unspecified atom stereocenters. The molecule has 6 rings (SSSR count). The Hall–Kier alpha value is -4.40. The molecule has 6 nitrogen and oxygen atoms in total. The Balaban J connectivity index is 1.01. The van der Waals surface area contributed by atoms with Gasteiger partial charge in [0.25, 0.3) is 0 Å². The van der Waals surface area contributed by atoms with E-state index in [1.807, 2.05) is 59.3 Å². The van der Waals surface area contributed by atoms with Crippen LogP contribution in [0.5, 0.6) is 0 Å². The number of carbonyl (C=O) groups is 2. The van der Waals surface area contributed by atoms with Crippen molar-refractivity contribution in [1.82, 2.24) is 9.97 Å². The van der Waals surface area contributed by atoms with Crippen LogP contribution >= 0.6 is 22.7 Å². The van der Waals surface area contributed by atoms with Gasteiger partial charge in [-0.3, -0.25) is 9.59 Å². The van der Waals surface area contributed by atoms with Crippen molar-refractivity contribution in [2.75, 3.05) is 10.6 Å². The van der Waals surface area contributed by atoms with Gasteiger partial charge in [0.1, 0.15) is 0 Å². The maximum atomic E-state index is 12.5. The number of benzene rings is 4. The fourth-order valence-corrected chi connectivity index (χ4v) is 6.03. The summed E-state index contributed by atoms with van der Waals surface area (Å²) in [6, 6.07) is 28.6. The van der Waals surface area contributed by atoms with Gasteiger partial charge in [0.05, 0.1) is 11.4 Å². The highest BCUT2D eigenvalue weighted by Gasteiger charge is 2.13. The summed E-state index contributed by atoms with van der Waals surface area (Å²) in [5.74, 6) is -0.316. The van der Waals surface area contributed by atoms with Gasteiger partial charge in [-0.15, -0.1) is 22.7 Å². The summed E-state index contributed by atoms with van der Waals surface area (Å²) in [6.07, 6.45) is 0.895. The quantitative estimate of drug-likeness (QED) is 0.202. The number of aromatic nitrogens is 2. The molecule has 2 amide bonds. The van der Waals surface area contributed by atoms with E-state index in [0.717, 1.165) is 44.1 Å². The molecule has 0 radical (unpaired) electrons. The topological polar surface area (TPSA) is 84.0 Å². The molecule has 0 saturated carbocycles. The molecule has 0 aliphatic rings. The van der Waals surface area contributed by atoms with Crippen LogP contribution in [0.15, 0.2) is 95.7 Å². The monoisotopic (exact) mass is 548 g/mol. The summed E-state index contributed by atoms with van der Waals surface area (Å²) in [7, 11) is 0. The average molecular weight is 549 g/mol. The SMILES string of the molecule is O=C(CCCC(=O)Nc1nc(-c2cccc3ccccc23)cs1)Nc1nc(-c2cccc3ccccc23)cs1. The van der Waals surface area contributed by atoms with E-state index in [0.29, 0.717) is 16.7 Å². The smallest absolute Gasteiger partial charge is 0.226 e. The second-order valence-corrected chi connectivity index (χ2v) is 10.8. The molecule has 0 atom stereocenters. The Morgan fingerprint density at radius 2 is 1.03 bits per heavy atom. The molecule has 8 heteroatoms. The fraction of sp³-hybridized carbons (Fsp3) is 0.0968. The molecule has 2 N–H and O–H groups in total. The molecule has 4 aromatic carbocycles. The molecule has 2 aromatic heterocycles. The number of fused-ring (bicyclic) bond motifs is 2. The van der Waals surface area contributed by atoms with Crippen molar-refractivity contribution in [1.29, 1.82) is 0 Å². The lowest BCUT2D eigenvalue weighted by molar-refractivity contribution is -0.117. The van der Waals surface area contributed by atoms with Crippen LogP contribution in [0.1, 0.15) is 19.3 Å². The maximum Gasteiger partial charge on any atom is 0.226 e. The first-order valence-corrected chi connectivity index (χ1v) is 14.4. The molecule has 6 aromatic rings. The minimum Gasteiger partial charge on any atom is -0.302 e. The second kappa shape index (κ2) is 11.1. The van der Waals surface area contributed by atoms with Crippen LogP contribution < -0.4 is 10.6 Å². The number of nitrogens with zero attached hydrogens (tertiary/aromatic N) is 2. The van der Waals surface area contributed by atoms with Crippen LogP contribution in [0.25, 0.3) is 44.1 Å². The molecule has 0 spiro atoms. The van der Waals surface area contributed by atoms with Crippen molar-refractivity contribution in [3.8, 4) is 22.5 Å². The predicted molar refractivity (Wildman–Crippen MR) is 161 cm³/mol. The number of nitrogens with one attached hydrogen (secondary N) is 2. The Kier molecular flexibility index (Phi) is 7.12. The van der Waals surface area contributed by atoms with E-state index in [9.17, 15) is 9.59 Å². The van der Waals surface area contributed by atoms with Crippen molar-refractivity contribution < 1.29 is 9.59 Å². The van der Waals surface area contributed by atoms with Gasteiger partial charge in [-0.1, -0.05) is 84.9 Å². The summed E-state index contributed by atoms with van der Waals surface area (Å²) < 4.78 is 0. The van der Waals surface area contributed by atoms with E-state index in [2.05, 4.69) is 57.0 Å². The van der Waals surface area contributed by atoms with Crippen molar-refractivity contribution >= 4 is 66.3 Å². The largest absolute Gasteiger partial charge is 0.302 e. The normalized spacial score (nSPS) is 11.1. The summed E-state index contributed by atoms with van der Waals surface area (Å²) in [6.45, 7) is 0. The third-order valence-electron chi connectivity index (χ3n) is 6.44. The van der Waals surface area contributed by atoms with E-state index < -0.39 is 0 Å². The van der Waals surface area contributed by atoms with Gasteiger partial charge in [-0.05, 0) is 28.0 Å². The second-order valence-electron chi connectivity index (χ2n) is 9.08. The van der Waals surface area contributed by atoms with Crippen LogP contribution in [0.3, 0.4) is 0 Å². The van der Waals surface area contributed by atoms with Crippen LogP contribution in [-0.2, 0) is 9.59 Å². The Morgan fingerprint density at radius 3 is 1.51 bits per heavy atom. The van der Waals surface area contributed by atoms with Crippen molar-refractivity contribution in [3.63, 3.8) is 0 Å². The first-order chi connectivity index (χ1) is 19.1. The molecule has 0 aliphatic carbocycles. The molecule has 39 heavy (non-hydrogen) atoms. The predicted octanol–water partition coefficient (Wildman–Crippen LogP) is 7.99. The standard InChI is InChI=1S/C31H24N4O2S2/c36-28(34-30-32-26(18-38-30)24-14-5-10-20-8-1-3-12-22(20)24)16-7-17-29(37)35-31-33-27(19-39-31)25-15-6-11-21-9-2-4-13-23(21)25/h1-6,8-15,18-19H,7,16-17H2,(H,32,34,36)(H,33,35,37). The minimum absolute atomic E-state index is 0.158. The van der Waals surface area contributed by atoms with Gasteiger partial charge in [0.2, 0.25) is 11.8 Å². The Bertz CT molecular complexity index is 1670. The zero-order valence-corrected chi connectivity index (χ0v) is 22.5. The lowest BCUT2D eigenvalue weighted by Gasteiger charge is -2.04. The zero-order valence-electron chi connectivity index (χ0n) is 20.9. The highest BCUT2D eigenvalue weighted by molar-refractivity contribution is 7.14. The number of hydrogen-bond acceptors (Lipinski definition) is 6. The van der Waals surface area contributed by atoms with Crippen molar-refractivity contribution in [3.05, 3.63) is 95.7 Å². The van der Waals surface area contributed by atoms with Crippen LogP contribution in [0.2, 0.25) is 0 Å². The first kappa shape index (κ1) is 24.9. The number of carbonyl (C=O) groups excluding carboxylic acids is 2. The number of anilines is 2. The molecular formula is C31H24N4O2S2. The van der Waals surface area contributed by atoms with E-state index in [1.165, 1.54) is 22.7 Å². The van der Waals surface area contributed by atoms with Gasteiger partial charge in [-0.2, -0.15) is 0 Å². The molecule has 0 fully saturated rings. The molecule has 2 heterocycles. The molecule has 0 saturated heterocycles. The maximum absolute atomic E-state index is 12.5. The highest BCUT2D eigenvalue weighted by atomic mass is 32.1. The number of hydrogen-bond donors (Lipinski definition) is 2. The summed E-state index contributed by atoms with van der Waals surface area (Å²) in [5, 5.41) is 15.3. The van der Waals surface area contributed by atoms with Gasteiger partial charge >= 0.3 is 0 Å². The molecular weight excluding hydrogens is 525 g/mol. The minimum atomic E-state index is -0.158. The van der Waals surface area contributed by atoms with Crippen molar-refractivity contribution in [2.24, 2.45) is 0 Å². The van der Waals surface area contributed by atoms with Crippen LogP contribution in [-0.4, -0.2) is 21.8 Å². The highest BCUT2D eigenvalue weighted by Crippen LogP contribution is 2.32. The summed E-state index contributed by atoms with van der Waals surface area (Å²) in [5.41, 5.74) is 3.73. The lowest BCUT2D eigenvalue weighted by atomic mass is 10.0. The summed E-state index contributed by atoms with van der Waals surface area (Å²) in [4.78, 5) is 34.2. The van der Waals surface area contributed by atoms with Crippen LogP contribution in [0, 0.1) is 0 Å². The van der Waals surface area contributed by atoms with Gasteiger partial charge in [0.15, 0.2) is 10.3 Å². The third-order valence-corrected chi connectivity index (χ3v) is 7.96. The molecule has 0 bridgehead atoms. The average Bonchev–Trinajstić information content (AvgIpc) is 3.62. The van der Waals surface area contributed by atoms with E-state index >= 15 is 0 Å². The number of amides is 2. The lowest BCUT2D eigenvalue weighted by Crippen LogP contribution is -2.14. The molecule has 192 valence electrons. The van der Waals surface area contributed by atoms with Crippen molar-refractivity contribution in [2.45, 2.75) is 19.3 Å². The van der Waals surface area contributed by atoms with E-state index in [-0.39, 0.29) is 24.7 Å². The molecule has 0 aliphatic heterocycles. The Labute approximate surface area is 233 Å². The number of thiazole rings is 2. The first-order valence-electron chi connectivity index (χ1n) is 12.6. The summed E-state index contributed by atoms with van der Waals surface area (Å²) >= 11 is 2.79. The number of rotatable bonds is 8. The van der Waals surface area contributed by atoms with Gasteiger partial charge < -0.3 is 10.6 Å². The van der Waals surface area contributed by atoms with E-state index in [1.54, 1.807) is 0 Å². The van der Waals surface area contributed by atoms with Gasteiger partial charge in [-0.25, -0.2) is 9.97 Å². The van der Waals surface area contributed by atoms with Gasteiger partial charge in [0, 0.05) is 34.7 Å². The Morgan fingerprint density at radius 1 is 0.590 bits per heavy atom.